The largest absolute Gasteiger partial charge is 0.461 e. The van der Waals surface area contributed by atoms with Gasteiger partial charge in [-0.1, -0.05) is 0 Å². The van der Waals surface area contributed by atoms with E-state index < -0.39 is 5.97 Å². The lowest BCUT2D eigenvalue weighted by Crippen LogP contribution is -2.10. The number of ether oxygens (including phenoxy) is 2. The molecule has 5 heteroatoms. The number of nitrogens with two attached hydrogens (primary N) is 1. The molecule has 88 valence electrons. The van der Waals surface area contributed by atoms with Crippen LogP contribution in [0.3, 0.4) is 0 Å². The van der Waals surface area contributed by atoms with Crippen molar-refractivity contribution in [3.05, 3.63) is 24.0 Å². The van der Waals surface area contributed by atoms with E-state index in [1.807, 2.05) is 6.92 Å². The molecule has 0 bridgehead atoms. The molecule has 0 aliphatic carbocycles. The predicted octanol–water partition coefficient (Wildman–Crippen LogP) is 1.25. The Bertz CT molecular complexity index is 325. The number of rotatable bonds is 6. The van der Waals surface area contributed by atoms with Gasteiger partial charge in [0.2, 0.25) is 0 Å². The van der Waals surface area contributed by atoms with Crippen LogP contribution in [0.5, 0.6) is 0 Å². The molecule has 0 saturated carbocycles. The van der Waals surface area contributed by atoms with Crippen molar-refractivity contribution in [3.63, 3.8) is 0 Å². The molecule has 0 amide bonds. The molecule has 0 radical (unpaired) electrons. The molecule has 1 aromatic heterocycles. The van der Waals surface area contributed by atoms with Crippen LogP contribution in [-0.4, -0.2) is 30.8 Å². The Kier molecular flexibility index (Phi) is 5.28. The van der Waals surface area contributed by atoms with Gasteiger partial charge in [-0.2, -0.15) is 0 Å². The zero-order valence-electron chi connectivity index (χ0n) is 9.31. The van der Waals surface area contributed by atoms with Gasteiger partial charge in [0.1, 0.15) is 5.69 Å². The average molecular weight is 224 g/mol. The highest BCUT2D eigenvalue weighted by Crippen LogP contribution is 2.02. The molecule has 0 aromatic carbocycles. The summed E-state index contributed by atoms with van der Waals surface area (Å²) in [4.78, 5) is 15.3. The maximum Gasteiger partial charge on any atom is 0.356 e. The average Bonchev–Trinajstić information content (AvgIpc) is 2.29. The van der Waals surface area contributed by atoms with Gasteiger partial charge in [-0.25, -0.2) is 9.78 Å². The topological polar surface area (TPSA) is 74.4 Å². The van der Waals surface area contributed by atoms with Crippen molar-refractivity contribution >= 4 is 11.7 Å². The van der Waals surface area contributed by atoms with E-state index in [1.54, 1.807) is 12.1 Å². The molecule has 0 unspecified atom stereocenters. The van der Waals surface area contributed by atoms with E-state index in [4.69, 9.17) is 15.2 Å². The van der Waals surface area contributed by atoms with Crippen LogP contribution in [0, 0.1) is 0 Å². The molecule has 0 aliphatic heterocycles. The van der Waals surface area contributed by atoms with Crippen LogP contribution in [0.4, 0.5) is 5.69 Å². The van der Waals surface area contributed by atoms with Crippen molar-refractivity contribution < 1.29 is 14.3 Å². The van der Waals surface area contributed by atoms with Crippen LogP contribution in [0.15, 0.2) is 18.3 Å². The summed E-state index contributed by atoms with van der Waals surface area (Å²) >= 11 is 0. The number of esters is 1. The molecule has 5 nitrogen and oxygen atoms in total. The SMILES string of the molecule is CCOCCCOC(=O)c1ccc(N)cn1. The summed E-state index contributed by atoms with van der Waals surface area (Å²) in [6.45, 7) is 3.53. The lowest BCUT2D eigenvalue weighted by molar-refractivity contribution is 0.0446. The Labute approximate surface area is 94.6 Å². The van der Waals surface area contributed by atoms with Crippen molar-refractivity contribution in [2.24, 2.45) is 0 Å². The smallest absolute Gasteiger partial charge is 0.356 e. The van der Waals surface area contributed by atoms with Gasteiger partial charge < -0.3 is 15.2 Å². The number of hydrogen-bond donors (Lipinski definition) is 1. The molecule has 16 heavy (non-hydrogen) atoms. The van der Waals surface area contributed by atoms with Crippen LogP contribution in [0.25, 0.3) is 0 Å². The second-order valence-corrected chi connectivity index (χ2v) is 3.16. The highest BCUT2D eigenvalue weighted by atomic mass is 16.5. The predicted molar refractivity (Wildman–Crippen MR) is 60.0 cm³/mol. The molecule has 1 heterocycles. The molecule has 0 atom stereocenters. The molecule has 0 aliphatic rings. The first kappa shape index (κ1) is 12.4. The Morgan fingerprint density at radius 3 is 2.88 bits per heavy atom. The summed E-state index contributed by atoms with van der Waals surface area (Å²) in [5.41, 5.74) is 6.24. The standard InChI is InChI=1S/C11H16N2O3/c1-2-15-6-3-7-16-11(14)10-5-4-9(12)8-13-10/h4-5,8H,2-3,6-7,12H2,1H3. The Morgan fingerprint density at radius 2 is 2.25 bits per heavy atom. The van der Waals surface area contributed by atoms with Gasteiger partial charge in [-0.3, -0.25) is 0 Å². The van der Waals surface area contributed by atoms with Crippen molar-refractivity contribution in [2.45, 2.75) is 13.3 Å². The zero-order valence-corrected chi connectivity index (χ0v) is 9.31. The maximum absolute atomic E-state index is 11.4. The van der Waals surface area contributed by atoms with E-state index in [9.17, 15) is 4.79 Å². The van der Waals surface area contributed by atoms with Crippen molar-refractivity contribution in [1.29, 1.82) is 0 Å². The van der Waals surface area contributed by atoms with E-state index in [2.05, 4.69) is 4.98 Å². The Hall–Kier alpha value is -1.62. The van der Waals surface area contributed by atoms with Gasteiger partial charge in [0.25, 0.3) is 0 Å². The molecule has 2 N–H and O–H groups in total. The highest BCUT2D eigenvalue weighted by molar-refractivity contribution is 5.87. The van der Waals surface area contributed by atoms with E-state index >= 15 is 0 Å². The normalized spacial score (nSPS) is 10.1. The molecule has 1 aromatic rings. The minimum atomic E-state index is -0.434. The van der Waals surface area contributed by atoms with Crippen molar-refractivity contribution in [3.8, 4) is 0 Å². The van der Waals surface area contributed by atoms with Gasteiger partial charge in [-0.05, 0) is 19.1 Å². The summed E-state index contributed by atoms with van der Waals surface area (Å²) in [6.07, 6.45) is 2.12. The first-order valence-corrected chi connectivity index (χ1v) is 5.20. The fourth-order valence-corrected chi connectivity index (χ4v) is 1.07. The third-order valence-corrected chi connectivity index (χ3v) is 1.87. The van der Waals surface area contributed by atoms with Gasteiger partial charge >= 0.3 is 5.97 Å². The maximum atomic E-state index is 11.4. The number of anilines is 1. The van der Waals surface area contributed by atoms with Crippen LogP contribution in [0.2, 0.25) is 0 Å². The van der Waals surface area contributed by atoms with Gasteiger partial charge in [-0.15, -0.1) is 0 Å². The molecular weight excluding hydrogens is 208 g/mol. The summed E-state index contributed by atoms with van der Waals surface area (Å²) in [7, 11) is 0. The van der Waals surface area contributed by atoms with E-state index in [1.165, 1.54) is 6.20 Å². The summed E-state index contributed by atoms with van der Waals surface area (Å²) < 4.78 is 10.1. The third-order valence-electron chi connectivity index (χ3n) is 1.87. The first-order valence-electron chi connectivity index (χ1n) is 5.20. The Morgan fingerprint density at radius 1 is 1.44 bits per heavy atom. The molecule has 0 fully saturated rings. The Balaban J connectivity index is 2.27. The number of hydrogen-bond acceptors (Lipinski definition) is 5. The quantitative estimate of drug-likeness (QED) is 0.581. The number of aromatic nitrogens is 1. The number of carbonyl (C=O) groups excluding carboxylic acids is 1. The van der Waals surface area contributed by atoms with E-state index in [-0.39, 0.29) is 5.69 Å². The van der Waals surface area contributed by atoms with Gasteiger partial charge in [0.05, 0.1) is 18.5 Å². The van der Waals surface area contributed by atoms with Gasteiger partial charge in [0, 0.05) is 19.6 Å². The summed E-state index contributed by atoms with van der Waals surface area (Å²) in [6, 6.07) is 3.16. The lowest BCUT2D eigenvalue weighted by atomic mass is 10.3. The van der Waals surface area contributed by atoms with Crippen molar-refractivity contribution in [2.75, 3.05) is 25.6 Å². The monoisotopic (exact) mass is 224 g/mol. The van der Waals surface area contributed by atoms with Crippen LogP contribution < -0.4 is 5.73 Å². The zero-order chi connectivity index (χ0) is 11.8. The molecular formula is C11H16N2O3. The number of nitrogens with zero attached hydrogens (tertiary/aromatic N) is 1. The van der Waals surface area contributed by atoms with Gasteiger partial charge in [0.15, 0.2) is 0 Å². The molecule has 0 spiro atoms. The van der Waals surface area contributed by atoms with E-state index in [0.717, 1.165) is 0 Å². The highest BCUT2D eigenvalue weighted by Gasteiger charge is 2.07. The van der Waals surface area contributed by atoms with E-state index in [0.29, 0.717) is 31.9 Å². The number of pyridine rings is 1. The van der Waals surface area contributed by atoms with Crippen molar-refractivity contribution in [1.82, 2.24) is 4.98 Å². The van der Waals surface area contributed by atoms with Crippen LogP contribution >= 0.6 is 0 Å². The second-order valence-electron chi connectivity index (χ2n) is 3.16. The number of nitrogen functional groups attached to an aromatic ring is 1. The van der Waals surface area contributed by atoms with Crippen LogP contribution in [0.1, 0.15) is 23.8 Å². The fourth-order valence-electron chi connectivity index (χ4n) is 1.07. The fraction of sp³-hybridized carbons (Fsp3) is 0.455. The first-order chi connectivity index (χ1) is 7.74. The molecule has 0 saturated heterocycles. The second kappa shape index (κ2) is 6.79. The molecule has 1 rings (SSSR count). The third kappa shape index (κ3) is 4.27. The minimum absolute atomic E-state index is 0.269. The minimum Gasteiger partial charge on any atom is -0.461 e. The lowest BCUT2D eigenvalue weighted by Gasteiger charge is -2.04. The summed E-state index contributed by atoms with van der Waals surface area (Å²) in [5, 5.41) is 0. The summed E-state index contributed by atoms with van der Waals surface area (Å²) in [5.74, 6) is -0.434. The number of carbonyl (C=O) groups is 1. The van der Waals surface area contributed by atoms with Crippen LogP contribution in [-0.2, 0) is 9.47 Å².